The van der Waals surface area contributed by atoms with E-state index in [0.29, 0.717) is 24.2 Å². The van der Waals surface area contributed by atoms with Crippen molar-refractivity contribution in [1.29, 1.82) is 0 Å². The number of hydrogen-bond acceptors (Lipinski definition) is 5. The molecule has 1 fully saturated rings. The van der Waals surface area contributed by atoms with Crippen LogP contribution in [0.25, 0.3) is 0 Å². The average Bonchev–Trinajstić information content (AvgIpc) is 3.17. The Labute approximate surface area is 205 Å². The van der Waals surface area contributed by atoms with Gasteiger partial charge in [0.05, 0.1) is 10.7 Å². The molecule has 1 aliphatic heterocycles. The van der Waals surface area contributed by atoms with E-state index in [1.54, 1.807) is 35.6 Å². The summed E-state index contributed by atoms with van der Waals surface area (Å²) in [4.78, 5) is 34.8. The number of hydrogen-bond donors (Lipinski definition) is 0. The highest BCUT2D eigenvalue weighted by atomic mass is 35.5. The third-order valence-corrected chi connectivity index (χ3v) is 6.83. The normalized spacial score (nSPS) is 14.1. The van der Waals surface area contributed by atoms with Gasteiger partial charge in [-0.1, -0.05) is 29.8 Å². The van der Waals surface area contributed by atoms with Gasteiger partial charge in [-0.25, -0.2) is 4.98 Å². The van der Waals surface area contributed by atoms with E-state index in [1.807, 2.05) is 44.7 Å². The zero-order chi connectivity index (χ0) is 22.8. The van der Waals surface area contributed by atoms with Gasteiger partial charge in [-0.2, -0.15) is 0 Å². The van der Waals surface area contributed by atoms with Crippen molar-refractivity contribution in [3.63, 3.8) is 0 Å². The van der Waals surface area contributed by atoms with Gasteiger partial charge in [-0.05, 0) is 51.0 Å². The second-order valence-electron chi connectivity index (χ2n) is 8.61. The van der Waals surface area contributed by atoms with Gasteiger partial charge in [0.2, 0.25) is 0 Å². The van der Waals surface area contributed by atoms with Crippen LogP contribution < -0.4 is 0 Å². The van der Waals surface area contributed by atoms with Crippen LogP contribution in [0.15, 0.2) is 41.8 Å². The summed E-state index contributed by atoms with van der Waals surface area (Å²) in [5.41, 5.74) is 6.21. The van der Waals surface area contributed by atoms with Crippen LogP contribution >= 0.6 is 23.7 Å². The van der Waals surface area contributed by atoms with Crippen molar-refractivity contribution in [2.45, 2.75) is 34.2 Å². The average molecular weight is 484 g/mol. The van der Waals surface area contributed by atoms with Gasteiger partial charge in [0.15, 0.2) is 5.78 Å². The molecule has 174 valence electrons. The van der Waals surface area contributed by atoms with Crippen molar-refractivity contribution in [1.82, 2.24) is 14.8 Å². The van der Waals surface area contributed by atoms with Crippen LogP contribution in [-0.4, -0.2) is 52.7 Å². The molecule has 0 radical (unpaired) electrons. The van der Waals surface area contributed by atoms with Crippen molar-refractivity contribution < 1.29 is 9.59 Å². The van der Waals surface area contributed by atoms with Gasteiger partial charge in [0, 0.05) is 54.8 Å². The molecule has 2 aromatic carbocycles. The number of aromatic nitrogens is 1. The number of nitrogens with zero attached hydrogens (tertiary/aromatic N) is 3. The molecule has 33 heavy (non-hydrogen) atoms. The Morgan fingerprint density at radius 1 is 0.909 bits per heavy atom. The van der Waals surface area contributed by atoms with Crippen molar-refractivity contribution in [3.05, 3.63) is 85.9 Å². The molecule has 0 bridgehead atoms. The van der Waals surface area contributed by atoms with Crippen LogP contribution in [0.3, 0.4) is 0 Å². The fourth-order valence-electron chi connectivity index (χ4n) is 4.45. The Morgan fingerprint density at radius 2 is 1.48 bits per heavy atom. The number of piperazine rings is 1. The molecule has 1 saturated heterocycles. The monoisotopic (exact) mass is 483 g/mol. The molecular weight excluding hydrogens is 454 g/mol. The minimum atomic E-state index is 0. The maximum absolute atomic E-state index is 13.1. The maximum atomic E-state index is 13.1. The Kier molecular flexibility index (Phi) is 8.05. The molecule has 3 aromatic rings. The number of ketones is 1. The lowest BCUT2D eigenvalue weighted by molar-refractivity contribution is 0.0627. The van der Waals surface area contributed by atoms with Crippen molar-refractivity contribution in [2.75, 3.05) is 26.2 Å². The summed E-state index contributed by atoms with van der Waals surface area (Å²) in [5, 5.41) is 3.19. The molecule has 0 N–H and O–H groups in total. The van der Waals surface area contributed by atoms with E-state index in [2.05, 4.69) is 15.3 Å². The SMILES string of the molecule is Cc1cc(C)c(C(=O)c2ccc(C(=O)N3CCN(Cc4csc(C)n4)CC3)cc2)c(C)c1.Cl. The van der Waals surface area contributed by atoms with E-state index in [0.717, 1.165) is 52.6 Å². The van der Waals surface area contributed by atoms with Crippen LogP contribution in [0.4, 0.5) is 0 Å². The summed E-state index contributed by atoms with van der Waals surface area (Å²) in [6.07, 6.45) is 0. The van der Waals surface area contributed by atoms with Crippen LogP contribution in [0.1, 0.15) is 53.7 Å². The van der Waals surface area contributed by atoms with Crippen LogP contribution in [0.2, 0.25) is 0 Å². The van der Waals surface area contributed by atoms with Gasteiger partial charge >= 0.3 is 0 Å². The van der Waals surface area contributed by atoms with E-state index < -0.39 is 0 Å². The highest BCUT2D eigenvalue weighted by Crippen LogP contribution is 2.21. The summed E-state index contributed by atoms with van der Waals surface area (Å²) in [6.45, 7) is 11.9. The lowest BCUT2D eigenvalue weighted by Gasteiger charge is -2.34. The fourth-order valence-corrected chi connectivity index (χ4v) is 5.05. The molecule has 1 aliphatic rings. The van der Waals surface area contributed by atoms with Crippen molar-refractivity contribution >= 4 is 35.4 Å². The molecule has 0 atom stereocenters. The molecule has 1 amide bonds. The molecule has 0 saturated carbocycles. The molecule has 7 heteroatoms. The first-order valence-electron chi connectivity index (χ1n) is 11.0. The molecule has 2 heterocycles. The first-order valence-corrected chi connectivity index (χ1v) is 11.8. The van der Waals surface area contributed by atoms with Gasteiger partial charge < -0.3 is 4.90 Å². The topological polar surface area (TPSA) is 53.5 Å². The molecular formula is C26H30ClN3O2S. The fraction of sp³-hybridized carbons (Fsp3) is 0.346. The van der Waals surface area contributed by atoms with Gasteiger partial charge in [0.25, 0.3) is 5.91 Å². The number of thiazole rings is 1. The molecule has 1 aromatic heterocycles. The van der Waals surface area contributed by atoms with Crippen molar-refractivity contribution in [2.24, 2.45) is 0 Å². The van der Waals surface area contributed by atoms with E-state index in [1.165, 1.54) is 0 Å². The van der Waals surface area contributed by atoms with Gasteiger partial charge in [-0.3, -0.25) is 14.5 Å². The lowest BCUT2D eigenvalue weighted by Crippen LogP contribution is -2.48. The second-order valence-corrected chi connectivity index (χ2v) is 9.67. The second kappa shape index (κ2) is 10.6. The molecule has 0 spiro atoms. The predicted octanol–water partition coefficient (Wildman–Crippen LogP) is 4.99. The maximum Gasteiger partial charge on any atom is 0.253 e. The highest BCUT2D eigenvalue weighted by Gasteiger charge is 2.23. The summed E-state index contributed by atoms with van der Waals surface area (Å²) in [6, 6.07) is 11.2. The van der Waals surface area contributed by atoms with Gasteiger partial charge in [0.1, 0.15) is 0 Å². The quantitative estimate of drug-likeness (QED) is 0.480. The smallest absolute Gasteiger partial charge is 0.253 e. The lowest BCUT2D eigenvalue weighted by atomic mass is 9.93. The third kappa shape index (κ3) is 5.69. The standard InChI is InChI=1S/C26H29N3O2S.ClH/c1-17-13-18(2)24(19(3)14-17)25(30)21-5-7-22(8-6-21)26(31)29-11-9-28(10-12-29)15-23-16-32-20(4)27-23;/h5-8,13-14,16H,9-12,15H2,1-4H3;1H. The number of rotatable bonds is 5. The summed E-state index contributed by atoms with van der Waals surface area (Å²) in [7, 11) is 0. The largest absolute Gasteiger partial charge is 0.336 e. The van der Waals surface area contributed by atoms with E-state index in [-0.39, 0.29) is 24.1 Å². The number of halogens is 1. The number of carbonyl (C=O) groups excluding carboxylic acids is 2. The number of benzene rings is 2. The first kappa shape index (κ1) is 25.1. The number of carbonyl (C=O) groups is 2. The highest BCUT2D eigenvalue weighted by molar-refractivity contribution is 7.09. The Bertz CT molecular complexity index is 1130. The van der Waals surface area contributed by atoms with E-state index in [9.17, 15) is 9.59 Å². The Balaban J connectivity index is 0.00000306. The molecule has 5 nitrogen and oxygen atoms in total. The minimum absolute atomic E-state index is 0. The first-order chi connectivity index (χ1) is 15.3. The van der Waals surface area contributed by atoms with Crippen LogP contribution in [0, 0.1) is 27.7 Å². The molecule has 0 aliphatic carbocycles. The minimum Gasteiger partial charge on any atom is -0.336 e. The number of aryl methyl sites for hydroxylation is 4. The Hall–Kier alpha value is -2.54. The number of amides is 1. The zero-order valence-corrected chi connectivity index (χ0v) is 21.2. The Morgan fingerprint density at radius 3 is 2.03 bits per heavy atom. The predicted molar refractivity (Wildman–Crippen MR) is 136 cm³/mol. The molecule has 4 rings (SSSR count). The summed E-state index contributed by atoms with van der Waals surface area (Å²) >= 11 is 1.67. The van der Waals surface area contributed by atoms with Crippen molar-refractivity contribution in [3.8, 4) is 0 Å². The third-order valence-electron chi connectivity index (χ3n) is 6.01. The zero-order valence-electron chi connectivity index (χ0n) is 19.6. The van der Waals surface area contributed by atoms with E-state index >= 15 is 0 Å². The van der Waals surface area contributed by atoms with E-state index in [4.69, 9.17) is 0 Å². The van der Waals surface area contributed by atoms with Gasteiger partial charge in [-0.15, -0.1) is 23.7 Å². The molecule has 0 unspecified atom stereocenters. The van der Waals surface area contributed by atoms with Crippen LogP contribution in [-0.2, 0) is 6.54 Å². The summed E-state index contributed by atoms with van der Waals surface area (Å²) < 4.78 is 0. The summed E-state index contributed by atoms with van der Waals surface area (Å²) in [5.74, 6) is 0.0285. The van der Waals surface area contributed by atoms with Crippen LogP contribution in [0.5, 0.6) is 0 Å².